The molecule has 0 radical (unpaired) electrons. The molecule has 2 N–H and O–H groups in total. The van der Waals surface area contributed by atoms with Crippen molar-refractivity contribution in [3.05, 3.63) is 36.3 Å². The number of carbonyl (C=O) groups excluding carboxylic acids is 1. The van der Waals surface area contributed by atoms with E-state index in [1.807, 2.05) is 18.3 Å². The maximum Gasteiger partial charge on any atom is 0.229 e. The molecule has 2 aromatic rings. The van der Waals surface area contributed by atoms with Gasteiger partial charge in [0.2, 0.25) is 5.91 Å². The highest BCUT2D eigenvalue weighted by atomic mass is 16.5. The number of ether oxygens (including phenoxy) is 1. The lowest BCUT2D eigenvalue weighted by Crippen LogP contribution is -2.67. The number of hydrogen-bond acceptors (Lipinski definition) is 4. The molecule has 8 rings (SSSR count). The first-order chi connectivity index (χ1) is 23.7. The van der Waals surface area contributed by atoms with Crippen LogP contribution in [0.4, 0.5) is 0 Å². The number of rotatable bonds is 5. The molecule has 50 heavy (non-hydrogen) atoms. The molecule has 5 saturated carbocycles. The Morgan fingerprint density at radius 2 is 1.66 bits per heavy atom. The van der Waals surface area contributed by atoms with Crippen LogP contribution in [0.15, 0.2) is 30.5 Å². The second-order valence-corrected chi connectivity index (χ2v) is 19.7. The topological polar surface area (TPSA) is 78.4 Å². The average molecular weight is 684 g/mol. The number of methoxy groups -OCH3 is 1. The van der Waals surface area contributed by atoms with Crippen molar-refractivity contribution in [3.8, 4) is 17.0 Å². The Hall–Kier alpha value is -2.34. The molecule has 1 amide bonds. The number of benzene rings is 1. The molecule has 6 heteroatoms. The summed E-state index contributed by atoms with van der Waals surface area (Å²) in [6.07, 6.45) is 15.4. The molecular formula is C44H65N3O3. The van der Waals surface area contributed by atoms with Gasteiger partial charge in [-0.2, -0.15) is 0 Å². The SMILES string of the molecule is COc1ccc(-c2cnc([C@@H]3CCCN3C(=O)[C@]34CCC(C(C)C)C3[C@H]3CCC5[C@@]6(C)CC[C@H](O)C(C)(C)C6CC[C@@]5(C)[C@]3(C)CC4)[nH]2)cc1. The number of aromatic amines is 1. The number of fused-ring (bicyclic) bond motifs is 7. The number of nitrogens with one attached hydrogen (secondary N) is 1. The summed E-state index contributed by atoms with van der Waals surface area (Å²) in [6, 6.07) is 8.14. The molecule has 1 aromatic carbocycles. The highest BCUT2D eigenvalue weighted by molar-refractivity contribution is 5.84. The van der Waals surface area contributed by atoms with Crippen molar-refractivity contribution in [2.45, 2.75) is 138 Å². The van der Waals surface area contributed by atoms with Gasteiger partial charge >= 0.3 is 0 Å². The summed E-state index contributed by atoms with van der Waals surface area (Å²) in [5, 5.41) is 11.2. The van der Waals surface area contributed by atoms with Crippen molar-refractivity contribution in [2.75, 3.05) is 13.7 Å². The second-order valence-electron chi connectivity index (χ2n) is 19.7. The van der Waals surface area contributed by atoms with Gasteiger partial charge in [0.05, 0.1) is 36.6 Å². The van der Waals surface area contributed by atoms with Crippen LogP contribution < -0.4 is 4.74 Å². The fourth-order valence-electron chi connectivity index (χ4n) is 14.8. The van der Waals surface area contributed by atoms with E-state index in [1.165, 1.54) is 38.5 Å². The van der Waals surface area contributed by atoms with Gasteiger partial charge in [0.25, 0.3) is 0 Å². The van der Waals surface area contributed by atoms with Crippen LogP contribution in [0.5, 0.6) is 5.75 Å². The summed E-state index contributed by atoms with van der Waals surface area (Å²) in [7, 11) is 1.69. The molecule has 1 aromatic heterocycles. The van der Waals surface area contributed by atoms with Gasteiger partial charge in [-0.3, -0.25) is 4.79 Å². The number of hydrogen-bond donors (Lipinski definition) is 2. The number of H-pyrrole nitrogens is 1. The maximum absolute atomic E-state index is 15.4. The quantitative estimate of drug-likeness (QED) is 0.329. The van der Waals surface area contributed by atoms with Crippen molar-refractivity contribution >= 4 is 5.91 Å². The molecule has 5 aliphatic carbocycles. The fraction of sp³-hybridized carbons (Fsp3) is 0.773. The van der Waals surface area contributed by atoms with Crippen LogP contribution in [0.3, 0.4) is 0 Å². The lowest BCUT2D eigenvalue weighted by molar-refractivity contribution is -0.249. The second kappa shape index (κ2) is 11.8. The summed E-state index contributed by atoms with van der Waals surface area (Å²) in [6.45, 7) is 18.5. The lowest BCUT2D eigenvalue weighted by Gasteiger charge is -2.73. The first-order valence-corrected chi connectivity index (χ1v) is 20.4. The molecule has 6 nitrogen and oxygen atoms in total. The molecule has 274 valence electrons. The number of aliphatic hydroxyl groups is 1. The van der Waals surface area contributed by atoms with Crippen LogP contribution in [-0.2, 0) is 4.79 Å². The van der Waals surface area contributed by atoms with Gasteiger partial charge in [-0.15, -0.1) is 0 Å². The number of imidazole rings is 1. The highest BCUT2D eigenvalue weighted by Crippen LogP contribution is 2.77. The van der Waals surface area contributed by atoms with Crippen LogP contribution in [0, 0.1) is 62.6 Å². The molecule has 0 spiro atoms. The Balaban J connectivity index is 1.10. The minimum absolute atomic E-state index is 0.0180. The third-order valence-corrected chi connectivity index (χ3v) is 17.6. The fourth-order valence-corrected chi connectivity index (χ4v) is 14.8. The van der Waals surface area contributed by atoms with E-state index in [0.717, 1.165) is 67.9 Å². The number of nitrogens with zero attached hydrogens (tertiary/aromatic N) is 2. The molecule has 1 saturated heterocycles. The van der Waals surface area contributed by atoms with E-state index in [0.29, 0.717) is 41.4 Å². The van der Waals surface area contributed by atoms with Crippen LogP contribution in [0.25, 0.3) is 11.3 Å². The Labute approximate surface area is 301 Å². The minimum atomic E-state index is -0.256. The van der Waals surface area contributed by atoms with Gasteiger partial charge < -0.3 is 19.7 Å². The Bertz CT molecular complexity index is 1600. The van der Waals surface area contributed by atoms with Gasteiger partial charge in [-0.25, -0.2) is 4.98 Å². The molecule has 11 atom stereocenters. The number of amides is 1. The summed E-state index contributed by atoms with van der Waals surface area (Å²) in [5.74, 6) is 5.72. The van der Waals surface area contributed by atoms with E-state index >= 15 is 4.79 Å². The Morgan fingerprint density at radius 1 is 0.900 bits per heavy atom. The van der Waals surface area contributed by atoms with Gasteiger partial charge in [-0.1, -0.05) is 48.5 Å². The smallest absolute Gasteiger partial charge is 0.229 e. The molecule has 0 bridgehead atoms. The van der Waals surface area contributed by atoms with Gasteiger partial charge in [0.1, 0.15) is 11.6 Å². The van der Waals surface area contributed by atoms with Crippen LogP contribution >= 0.6 is 0 Å². The van der Waals surface area contributed by atoms with Crippen molar-refractivity contribution in [1.29, 1.82) is 0 Å². The predicted molar refractivity (Wildman–Crippen MR) is 199 cm³/mol. The molecule has 6 aliphatic rings. The van der Waals surface area contributed by atoms with Gasteiger partial charge in [0.15, 0.2) is 0 Å². The summed E-state index contributed by atoms with van der Waals surface area (Å²) in [4.78, 5) is 26.3. The van der Waals surface area contributed by atoms with Crippen LogP contribution in [-0.4, -0.2) is 45.6 Å². The van der Waals surface area contributed by atoms with E-state index in [4.69, 9.17) is 9.72 Å². The Kier molecular flexibility index (Phi) is 8.22. The number of aliphatic hydroxyl groups excluding tert-OH is 1. The standard InChI is InChI=1S/C44H65N3O3/c1-27(2)30-17-22-44(39(49)47-25-9-10-33(47)38-45-26-32(46-38)28-11-13-29(50-8)14-12-28)24-23-42(6)31(37(30)44)15-16-35-41(5)20-19-36(48)40(3,4)34(41)18-21-43(35,42)7/h11-14,26-27,30-31,33-37,48H,9-10,15-25H2,1-8H3,(H,45,46)/t30?,31-,33+,34?,35?,36+,37?,41+,42-,43-,44+/m1/s1. The first kappa shape index (κ1) is 34.7. The summed E-state index contributed by atoms with van der Waals surface area (Å²) in [5.41, 5.74) is 2.57. The van der Waals surface area contributed by atoms with E-state index in [1.54, 1.807) is 7.11 Å². The molecular weight excluding hydrogens is 619 g/mol. The van der Waals surface area contributed by atoms with E-state index in [-0.39, 0.29) is 39.2 Å². The monoisotopic (exact) mass is 684 g/mol. The maximum atomic E-state index is 15.4. The zero-order valence-electron chi connectivity index (χ0n) is 32.4. The molecule has 6 fully saturated rings. The summed E-state index contributed by atoms with van der Waals surface area (Å²) < 4.78 is 5.37. The van der Waals surface area contributed by atoms with E-state index < -0.39 is 0 Å². The first-order valence-electron chi connectivity index (χ1n) is 20.4. The lowest BCUT2D eigenvalue weighted by atomic mass is 9.32. The minimum Gasteiger partial charge on any atom is -0.497 e. The van der Waals surface area contributed by atoms with E-state index in [2.05, 4.69) is 70.5 Å². The normalized spacial score (nSPS) is 43.6. The largest absolute Gasteiger partial charge is 0.497 e. The molecule has 2 heterocycles. The zero-order chi connectivity index (χ0) is 35.4. The van der Waals surface area contributed by atoms with Gasteiger partial charge in [0, 0.05) is 6.54 Å². The predicted octanol–water partition coefficient (Wildman–Crippen LogP) is 9.85. The van der Waals surface area contributed by atoms with Crippen molar-refractivity contribution in [1.82, 2.24) is 14.9 Å². The third-order valence-electron chi connectivity index (χ3n) is 17.6. The van der Waals surface area contributed by atoms with Crippen LogP contribution in [0.2, 0.25) is 0 Å². The zero-order valence-corrected chi connectivity index (χ0v) is 32.4. The van der Waals surface area contributed by atoms with Gasteiger partial charge in [-0.05, 0) is 164 Å². The Morgan fingerprint density at radius 3 is 2.38 bits per heavy atom. The summed E-state index contributed by atoms with van der Waals surface area (Å²) >= 11 is 0. The van der Waals surface area contributed by atoms with Crippen molar-refractivity contribution < 1.29 is 14.6 Å². The number of carbonyl (C=O) groups is 1. The molecule has 1 aliphatic heterocycles. The average Bonchev–Trinajstić information content (AvgIpc) is 3.86. The molecule has 4 unspecified atom stereocenters. The van der Waals surface area contributed by atoms with E-state index in [9.17, 15) is 5.11 Å². The third kappa shape index (κ3) is 4.67. The van der Waals surface area contributed by atoms with Crippen molar-refractivity contribution in [2.24, 2.45) is 62.6 Å². The highest BCUT2D eigenvalue weighted by Gasteiger charge is 2.72. The van der Waals surface area contributed by atoms with Crippen molar-refractivity contribution in [3.63, 3.8) is 0 Å². The van der Waals surface area contributed by atoms with Crippen LogP contribution in [0.1, 0.15) is 137 Å². The number of likely N-dealkylation sites (tertiary alicyclic amines) is 1. The number of aromatic nitrogens is 2.